The number of aromatic nitrogens is 2. The third-order valence-corrected chi connectivity index (χ3v) is 5.08. The van der Waals surface area contributed by atoms with Crippen LogP contribution in [0.5, 0.6) is 0 Å². The number of thioether (sulfide) groups is 1. The number of imide groups is 1. The van der Waals surface area contributed by atoms with Gasteiger partial charge in [0.2, 0.25) is 5.91 Å². The van der Waals surface area contributed by atoms with Crippen LogP contribution >= 0.6 is 35.3 Å². The van der Waals surface area contributed by atoms with Gasteiger partial charge in [-0.2, -0.15) is 0 Å². The summed E-state index contributed by atoms with van der Waals surface area (Å²) < 4.78 is 15.6. The molecular formula is C14H15FN4O2S3. The van der Waals surface area contributed by atoms with E-state index in [1.807, 2.05) is 6.92 Å². The van der Waals surface area contributed by atoms with Gasteiger partial charge in [0, 0.05) is 6.54 Å². The molecule has 0 aliphatic rings. The lowest BCUT2D eigenvalue weighted by atomic mass is 10.3. The fourth-order valence-corrected chi connectivity index (χ4v) is 3.80. The number of hydrogen-bond acceptors (Lipinski definition) is 6. The van der Waals surface area contributed by atoms with Crippen LogP contribution in [0.4, 0.5) is 9.18 Å². The van der Waals surface area contributed by atoms with Gasteiger partial charge in [-0.1, -0.05) is 30.0 Å². The first kappa shape index (κ1) is 18.6. The molecule has 0 unspecified atom stereocenters. The van der Waals surface area contributed by atoms with E-state index in [1.54, 1.807) is 12.1 Å². The molecule has 0 saturated heterocycles. The van der Waals surface area contributed by atoms with Gasteiger partial charge >= 0.3 is 6.03 Å². The maximum Gasteiger partial charge on any atom is 0.321 e. The van der Waals surface area contributed by atoms with E-state index in [0.29, 0.717) is 20.5 Å². The lowest BCUT2D eigenvalue weighted by Crippen LogP contribution is -2.40. The van der Waals surface area contributed by atoms with Crippen LogP contribution in [0.1, 0.15) is 13.3 Å². The number of nitrogens with zero attached hydrogens (tertiary/aromatic N) is 2. The van der Waals surface area contributed by atoms with Gasteiger partial charge in [0.15, 0.2) is 8.29 Å². The zero-order valence-electron chi connectivity index (χ0n) is 12.7. The summed E-state index contributed by atoms with van der Waals surface area (Å²) in [4.78, 5) is 23.1. The summed E-state index contributed by atoms with van der Waals surface area (Å²) in [5.74, 6) is -0.707. The van der Waals surface area contributed by atoms with Gasteiger partial charge in [-0.3, -0.25) is 10.1 Å². The van der Waals surface area contributed by atoms with Crippen molar-refractivity contribution in [1.82, 2.24) is 20.4 Å². The number of nitrogens with one attached hydrogen (secondary N) is 2. The molecule has 0 aliphatic carbocycles. The highest BCUT2D eigenvalue weighted by Crippen LogP contribution is 2.23. The first-order chi connectivity index (χ1) is 11.5. The van der Waals surface area contributed by atoms with Crippen molar-refractivity contribution >= 4 is 47.3 Å². The summed E-state index contributed by atoms with van der Waals surface area (Å²) in [5.41, 5.74) is 0.646. The Balaban J connectivity index is 1.93. The van der Waals surface area contributed by atoms with E-state index in [9.17, 15) is 14.0 Å². The van der Waals surface area contributed by atoms with E-state index < -0.39 is 11.9 Å². The molecule has 0 aliphatic heterocycles. The van der Waals surface area contributed by atoms with Crippen LogP contribution in [0.15, 0.2) is 28.6 Å². The molecule has 3 amide bonds. The van der Waals surface area contributed by atoms with E-state index in [1.165, 1.54) is 39.9 Å². The molecule has 0 atom stereocenters. The molecule has 2 aromatic rings. The van der Waals surface area contributed by atoms with E-state index >= 15 is 0 Å². The summed E-state index contributed by atoms with van der Waals surface area (Å²) in [6.07, 6.45) is 0.792. The standard InChI is InChI=1S/C14H15FN4O2S3/c1-2-7-16-12(21)17-11(20)8-23-13-18-19(14(22)24-13)10-5-3-9(15)4-6-10/h3-6H,2,7-8H2,1H3,(H2,16,17,20,21). The summed E-state index contributed by atoms with van der Waals surface area (Å²) in [6.45, 7) is 2.43. The Bertz CT molecular complexity index is 773. The van der Waals surface area contributed by atoms with Crippen molar-refractivity contribution in [3.05, 3.63) is 34.0 Å². The summed E-state index contributed by atoms with van der Waals surface area (Å²) >= 11 is 7.66. The third kappa shape index (κ3) is 5.39. The minimum absolute atomic E-state index is 0.0469. The maximum absolute atomic E-state index is 13.0. The molecule has 0 saturated carbocycles. The molecule has 1 heterocycles. The second kappa shape index (κ2) is 8.90. The SMILES string of the molecule is CCCNC(=O)NC(=O)CSc1nn(-c2ccc(F)cc2)c(=S)s1. The highest BCUT2D eigenvalue weighted by Gasteiger charge is 2.11. The van der Waals surface area contributed by atoms with Gasteiger partial charge in [-0.25, -0.2) is 13.9 Å². The van der Waals surface area contributed by atoms with Crippen molar-refractivity contribution in [1.29, 1.82) is 0 Å². The van der Waals surface area contributed by atoms with Crippen molar-refractivity contribution in [3.8, 4) is 5.69 Å². The van der Waals surface area contributed by atoms with Crippen LogP contribution in [0, 0.1) is 9.77 Å². The second-order valence-electron chi connectivity index (χ2n) is 4.61. The number of amides is 3. The number of benzene rings is 1. The Kier molecular flexibility index (Phi) is 6.88. The first-order valence-electron chi connectivity index (χ1n) is 7.06. The molecule has 0 radical (unpaired) electrons. The number of hydrogen-bond donors (Lipinski definition) is 2. The van der Waals surface area contributed by atoms with Crippen LogP contribution < -0.4 is 10.6 Å². The van der Waals surface area contributed by atoms with Gasteiger partial charge in [0.25, 0.3) is 0 Å². The number of urea groups is 1. The average molecular weight is 386 g/mol. The number of rotatable bonds is 6. The Morgan fingerprint density at radius 1 is 1.38 bits per heavy atom. The first-order valence-corrected chi connectivity index (χ1v) is 9.27. The van der Waals surface area contributed by atoms with Crippen molar-refractivity contribution in [3.63, 3.8) is 0 Å². The minimum Gasteiger partial charge on any atom is -0.338 e. The molecule has 1 aromatic carbocycles. The maximum atomic E-state index is 13.0. The van der Waals surface area contributed by atoms with Crippen molar-refractivity contribution in [2.24, 2.45) is 0 Å². The van der Waals surface area contributed by atoms with E-state index in [0.717, 1.165) is 6.42 Å². The van der Waals surface area contributed by atoms with Crippen LogP contribution in [0.25, 0.3) is 5.69 Å². The lowest BCUT2D eigenvalue weighted by Gasteiger charge is -2.04. The molecule has 2 rings (SSSR count). The average Bonchev–Trinajstić information content (AvgIpc) is 2.92. The Morgan fingerprint density at radius 3 is 2.75 bits per heavy atom. The highest BCUT2D eigenvalue weighted by molar-refractivity contribution is 8.01. The Hall–Kier alpha value is -1.78. The quantitative estimate of drug-likeness (QED) is 0.589. The van der Waals surface area contributed by atoms with E-state index in [-0.39, 0.29) is 11.6 Å². The molecular weight excluding hydrogens is 371 g/mol. The molecule has 24 heavy (non-hydrogen) atoms. The van der Waals surface area contributed by atoms with Gasteiger partial charge < -0.3 is 5.32 Å². The van der Waals surface area contributed by atoms with Crippen molar-refractivity contribution in [2.75, 3.05) is 12.3 Å². The molecule has 1 aromatic heterocycles. The second-order valence-corrected chi connectivity index (χ2v) is 7.46. The molecule has 2 N–H and O–H groups in total. The molecule has 0 bridgehead atoms. The molecule has 6 nitrogen and oxygen atoms in total. The molecule has 0 spiro atoms. The Labute approximate surface area is 151 Å². The summed E-state index contributed by atoms with van der Waals surface area (Å²) in [7, 11) is 0. The summed E-state index contributed by atoms with van der Waals surface area (Å²) in [5, 5.41) is 9.09. The van der Waals surface area contributed by atoms with Crippen LogP contribution in [-0.2, 0) is 4.79 Å². The largest absolute Gasteiger partial charge is 0.338 e. The van der Waals surface area contributed by atoms with Gasteiger partial charge in [-0.05, 0) is 42.9 Å². The fourth-order valence-electron chi connectivity index (χ4n) is 1.64. The normalized spacial score (nSPS) is 10.4. The summed E-state index contributed by atoms with van der Waals surface area (Å²) in [6, 6.07) is 5.29. The smallest absolute Gasteiger partial charge is 0.321 e. The lowest BCUT2D eigenvalue weighted by molar-refractivity contribution is -0.117. The fraction of sp³-hybridized carbons (Fsp3) is 0.286. The number of carbonyl (C=O) groups is 2. The minimum atomic E-state index is -0.507. The van der Waals surface area contributed by atoms with Crippen LogP contribution in [0.2, 0.25) is 0 Å². The third-order valence-electron chi connectivity index (χ3n) is 2.72. The van der Waals surface area contributed by atoms with Crippen molar-refractivity contribution < 1.29 is 14.0 Å². The zero-order chi connectivity index (χ0) is 17.5. The van der Waals surface area contributed by atoms with Gasteiger partial charge in [-0.15, -0.1) is 5.10 Å². The van der Waals surface area contributed by atoms with Gasteiger partial charge in [0.05, 0.1) is 11.4 Å². The molecule has 10 heteroatoms. The highest BCUT2D eigenvalue weighted by atomic mass is 32.2. The monoisotopic (exact) mass is 386 g/mol. The molecule has 128 valence electrons. The topological polar surface area (TPSA) is 76.0 Å². The van der Waals surface area contributed by atoms with Crippen LogP contribution in [-0.4, -0.2) is 34.0 Å². The van der Waals surface area contributed by atoms with Crippen LogP contribution in [0.3, 0.4) is 0 Å². The van der Waals surface area contributed by atoms with Gasteiger partial charge in [0.1, 0.15) is 5.82 Å². The predicted molar refractivity (Wildman–Crippen MR) is 94.8 cm³/mol. The van der Waals surface area contributed by atoms with Crippen molar-refractivity contribution in [2.45, 2.75) is 17.7 Å². The molecule has 0 fully saturated rings. The predicted octanol–water partition coefficient (Wildman–Crippen LogP) is 3.13. The zero-order valence-corrected chi connectivity index (χ0v) is 15.2. The van der Waals surface area contributed by atoms with E-state index in [4.69, 9.17) is 12.2 Å². The number of carbonyl (C=O) groups excluding carboxylic acids is 2. The Morgan fingerprint density at radius 2 is 2.08 bits per heavy atom. The number of halogens is 1. The van der Waals surface area contributed by atoms with E-state index in [2.05, 4.69) is 15.7 Å².